The predicted octanol–water partition coefficient (Wildman–Crippen LogP) is 2.87. The molecule has 3 rings (SSSR count). The Labute approximate surface area is 138 Å². The minimum atomic E-state index is -0.0686. The molecule has 0 aliphatic rings. The highest BCUT2D eigenvalue weighted by molar-refractivity contribution is 7.20. The van der Waals surface area contributed by atoms with E-state index in [-0.39, 0.29) is 11.8 Å². The van der Waals surface area contributed by atoms with Gasteiger partial charge in [-0.2, -0.15) is 0 Å². The lowest BCUT2D eigenvalue weighted by molar-refractivity contribution is 0.0955. The van der Waals surface area contributed by atoms with Crippen LogP contribution >= 0.6 is 11.3 Å². The van der Waals surface area contributed by atoms with Gasteiger partial charge in [-0.3, -0.25) is 4.79 Å². The highest BCUT2D eigenvalue weighted by Gasteiger charge is 2.19. The summed E-state index contributed by atoms with van der Waals surface area (Å²) < 4.78 is 0. The molecule has 0 saturated carbocycles. The average Bonchev–Trinajstić information content (AvgIpc) is 3.12. The van der Waals surface area contributed by atoms with Crippen LogP contribution in [0.15, 0.2) is 12.4 Å². The van der Waals surface area contributed by atoms with Gasteiger partial charge in [0.1, 0.15) is 16.5 Å². The molecule has 0 bridgehead atoms. The quantitative estimate of drug-likeness (QED) is 0.771. The van der Waals surface area contributed by atoms with Gasteiger partial charge in [0.15, 0.2) is 0 Å². The van der Waals surface area contributed by atoms with E-state index < -0.39 is 0 Å². The molecule has 120 valence electrons. The van der Waals surface area contributed by atoms with Gasteiger partial charge in [-0.25, -0.2) is 15.0 Å². The fraction of sp³-hybridized carbons (Fsp3) is 0.375. The van der Waals surface area contributed by atoms with Gasteiger partial charge >= 0.3 is 0 Å². The van der Waals surface area contributed by atoms with Crippen molar-refractivity contribution in [2.24, 2.45) is 0 Å². The minimum Gasteiger partial charge on any atom is -0.351 e. The number of aromatic nitrogens is 4. The number of aromatic amines is 1. The molecule has 1 unspecified atom stereocenters. The van der Waals surface area contributed by atoms with Crippen LogP contribution in [0, 0.1) is 20.8 Å². The molecular formula is C16H19N5OS. The second kappa shape index (κ2) is 6.08. The number of hydrogen-bond donors (Lipinski definition) is 2. The van der Waals surface area contributed by atoms with E-state index in [4.69, 9.17) is 0 Å². The second-order valence-corrected chi connectivity index (χ2v) is 6.68. The summed E-state index contributed by atoms with van der Waals surface area (Å²) in [6, 6.07) is 0. The molecule has 0 fully saturated rings. The molecule has 1 atom stereocenters. The van der Waals surface area contributed by atoms with E-state index in [0.29, 0.717) is 11.4 Å². The predicted molar refractivity (Wildman–Crippen MR) is 91.0 cm³/mol. The molecule has 0 aliphatic heterocycles. The third kappa shape index (κ3) is 2.96. The standard InChI is InChI=1S/C16H19N5OS/c1-8(14-17-5-6-18-14)7-19-15(22)13-9(2)12-10(3)20-11(4)21-16(12)23-13/h5-6,8H,7H2,1-4H3,(H,17,18)(H,19,22). The molecule has 3 aromatic rings. The van der Waals surface area contributed by atoms with Crippen LogP contribution < -0.4 is 5.32 Å². The van der Waals surface area contributed by atoms with Gasteiger partial charge in [-0.1, -0.05) is 6.92 Å². The maximum absolute atomic E-state index is 12.5. The molecule has 0 aliphatic carbocycles. The van der Waals surface area contributed by atoms with E-state index in [1.807, 2.05) is 27.7 Å². The number of imidazole rings is 1. The Morgan fingerprint density at radius 3 is 2.83 bits per heavy atom. The van der Waals surface area contributed by atoms with E-state index in [1.165, 1.54) is 11.3 Å². The molecule has 3 heterocycles. The first-order chi connectivity index (χ1) is 11.0. The van der Waals surface area contributed by atoms with Crippen LogP contribution in [0.5, 0.6) is 0 Å². The van der Waals surface area contributed by atoms with Crippen LogP contribution in [0.25, 0.3) is 10.2 Å². The molecule has 0 saturated heterocycles. The van der Waals surface area contributed by atoms with Crippen molar-refractivity contribution in [2.45, 2.75) is 33.6 Å². The summed E-state index contributed by atoms with van der Waals surface area (Å²) in [6.45, 7) is 8.33. The van der Waals surface area contributed by atoms with E-state index in [0.717, 1.165) is 33.1 Å². The molecule has 0 spiro atoms. The number of aryl methyl sites for hydroxylation is 3. The SMILES string of the molecule is Cc1nc(C)c2c(C)c(C(=O)NCC(C)c3ncc[nH]3)sc2n1. The largest absolute Gasteiger partial charge is 0.351 e. The Hall–Kier alpha value is -2.28. The molecule has 23 heavy (non-hydrogen) atoms. The summed E-state index contributed by atoms with van der Waals surface area (Å²) in [5, 5.41) is 3.98. The summed E-state index contributed by atoms with van der Waals surface area (Å²) >= 11 is 1.42. The number of hydrogen-bond acceptors (Lipinski definition) is 5. The molecule has 7 heteroatoms. The van der Waals surface area contributed by atoms with Crippen LogP contribution in [-0.4, -0.2) is 32.4 Å². The molecule has 2 N–H and O–H groups in total. The lowest BCUT2D eigenvalue weighted by atomic mass is 10.1. The van der Waals surface area contributed by atoms with Crippen LogP contribution in [0.1, 0.15) is 45.4 Å². The monoisotopic (exact) mass is 329 g/mol. The Kier molecular flexibility index (Phi) is 4.12. The fourth-order valence-corrected chi connectivity index (χ4v) is 3.85. The fourth-order valence-electron chi connectivity index (χ4n) is 2.66. The second-order valence-electron chi connectivity index (χ2n) is 5.68. The number of nitrogens with zero attached hydrogens (tertiary/aromatic N) is 3. The Morgan fingerprint density at radius 2 is 2.13 bits per heavy atom. The third-order valence-electron chi connectivity index (χ3n) is 3.84. The number of amides is 1. The van der Waals surface area contributed by atoms with Gasteiger partial charge in [0.2, 0.25) is 0 Å². The van der Waals surface area contributed by atoms with Gasteiger partial charge in [-0.15, -0.1) is 11.3 Å². The highest BCUT2D eigenvalue weighted by atomic mass is 32.1. The van der Waals surface area contributed by atoms with Gasteiger partial charge in [0.05, 0.1) is 4.88 Å². The number of H-pyrrole nitrogens is 1. The van der Waals surface area contributed by atoms with Crippen molar-refractivity contribution in [3.63, 3.8) is 0 Å². The first-order valence-electron chi connectivity index (χ1n) is 7.49. The Morgan fingerprint density at radius 1 is 1.35 bits per heavy atom. The zero-order valence-electron chi connectivity index (χ0n) is 13.6. The number of nitrogens with one attached hydrogen (secondary N) is 2. The van der Waals surface area contributed by atoms with Crippen LogP contribution in [0.2, 0.25) is 0 Å². The molecular weight excluding hydrogens is 310 g/mol. The maximum Gasteiger partial charge on any atom is 0.261 e. The van der Waals surface area contributed by atoms with Gasteiger partial charge < -0.3 is 10.3 Å². The summed E-state index contributed by atoms with van der Waals surface area (Å²) in [6.07, 6.45) is 3.50. The summed E-state index contributed by atoms with van der Waals surface area (Å²) in [7, 11) is 0. The van der Waals surface area contributed by atoms with Gasteiger partial charge in [0.25, 0.3) is 5.91 Å². The highest BCUT2D eigenvalue weighted by Crippen LogP contribution is 2.31. The van der Waals surface area contributed by atoms with E-state index in [9.17, 15) is 4.79 Å². The topological polar surface area (TPSA) is 83.6 Å². The molecule has 0 radical (unpaired) electrons. The van der Waals surface area contributed by atoms with Crippen molar-refractivity contribution in [1.29, 1.82) is 0 Å². The van der Waals surface area contributed by atoms with Crippen molar-refractivity contribution in [2.75, 3.05) is 6.54 Å². The number of carbonyl (C=O) groups is 1. The van der Waals surface area contributed by atoms with Crippen molar-refractivity contribution < 1.29 is 4.79 Å². The summed E-state index contributed by atoms with van der Waals surface area (Å²) in [5.41, 5.74) is 1.87. The van der Waals surface area contributed by atoms with E-state index in [2.05, 4.69) is 25.3 Å². The first-order valence-corrected chi connectivity index (χ1v) is 8.30. The first kappa shape index (κ1) is 15.6. The summed E-state index contributed by atoms with van der Waals surface area (Å²) in [4.78, 5) is 30.2. The average molecular weight is 329 g/mol. The van der Waals surface area contributed by atoms with Crippen LogP contribution in [-0.2, 0) is 0 Å². The van der Waals surface area contributed by atoms with Gasteiger partial charge in [0, 0.05) is 35.9 Å². The van der Waals surface area contributed by atoms with Crippen molar-refractivity contribution >= 4 is 27.5 Å². The molecule has 3 aromatic heterocycles. The van der Waals surface area contributed by atoms with E-state index in [1.54, 1.807) is 12.4 Å². The van der Waals surface area contributed by atoms with Crippen LogP contribution in [0.4, 0.5) is 0 Å². The number of carbonyl (C=O) groups excluding carboxylic acids is 1. The smallest absolute Gasteiger partial charge is 0.261 e. The Bertz CT molecular complexity index is 853. The van der Waals surface area contributed by atoms with Crippen molar-refractivity contribution in [1.82, 2.24) is 25.3 Å². The van der Waals surface area contributed by atoms with Crippen molar-refractivity contribution in [3.8, 4) is 0 Å². The molecule has 0 aromatic carbocycles. The van der Waals surface area contributed by atoms with Crippen molar-refractivity contribution in [3.05, 3.63) is 40.2 Å². The minimum absolute atomic E-state index is 0.0686. The normalized spacial score (nSPS) is 12.5. The number of fused-ring (bicyclic) bond motifs is 1. The Balaban J connectivity index is 1.81. The third-order valence-corrected chi connectivity index (χ3v) is 5.03. The van der Waals surface area contributed by atoms with Crippen LogP contribution in [0.3, 0.4) is 0 Å². The number of rotatable bonds is 4. The summed E-state index contributed by atoms with van der Waals surface area (Å²) in [5.74, 6) is 1.67. The molecule has 6 nitrogen and oxygen atoms in total. The zero-order valence-corrected chi connectivity index (χ0v) is 14.4. The lowest BCUT2D eigenvalue weighted by Crippen LogP contribution is -2.27. The van der Waals surface area contributed by atoms with E-state index >= 15 is 0 Å². The lowest BCUT2D eigenvalue weighted by Gasteiger charge is -2.10. The maximum atomic E-state index is 12.5. The molecule has 1 amide bonds. The van der Waals surface area contributed by atoms with Gasteiger partial charge in [-0.05, 0) is 26.3 Å². The zero-order chi connectivity index (χ0) is 16.6. The number of thiophene rings is 1.